The molecule has 0 unspecified atom stereocenters. The molecule has 0 aromatic heterocycles. The van der Waals surface area contributed by atoms with Crippen molar-refractivity contribution in [2.45, 2.75) is 0 Å². The fraction of sp³-hybridized carbons (Fsp3) is 0.143. The van der Waals surface area contributed by atoms with Crippen molar-refractivity contribution >= 4 is 46.4 Å². The third kappa shape index (κ3) is 2.76. The molecule has 1 rings (SSSR count). The molecular weight excluding hydrogens is 259 g/mol. The van der Waals surface area contributed by atoms with Gasteiger partial charge in [0.15, 0.2) is 0 Å². The van der Waals surface area contributed by atoms with Gasteiger partial charge in [-0.25, -0.2) is 4.39 Å². The average molecular weight is 264 g/mol. The summed E-state index contributed by atoms with van der Waals surface area (Å²) in [5.74, 6) is 0.550. The smallest absolute Gasteiger partial charge is 0.465 e. The molecule has 5 heteroatoms. The maximum atomic E-state index is 11.9. The molecule has 1 aromatic carbocycles. The van der Waals surface area contributed by atoms with Crippen molar-refractivity contribution in [2.75, 3.05) is 6.86 Å². The first-order valence-corrected chi connectivity index (χ1v) is 8.29. The normalized spacial score (nSPS) is 9.25. The van der Waals surface area contributed by atoms with Crippen LogP contribution in [0.15, 0.2) is 18.2 Å². The van der Waals surface area contributed by atoms with E-state index in [1.54, 1.807) is 12.1 Å². The molecule has 0 aliphatic heterocycles. The van der Waals surface area contributed by atoms with E-state index in [2.05, 4.69) is 12.9 Å². The van der Waals surface area contributed by atoms with Gasteiger partial charge in [0.1, 0.15) is 0 Å². The largest absolute Gasteiger partial charge is 0.512 e. The highest BCUT2D eigenvalue weighted by Crippen LogP contribution is 2.15. The predicted molar refractivity (Wildman–Crippen MR) is 52.4 cm³/mol. The number of ether oxygens (including phenoxy) is 1. The van der Waals surface area contributed by atoms with E-state index in [1.807, 2.05) is 6.07 Å². The topological polar surface area (TPSA) is 9.23 Å². The van der Waals surface area contributed by atoms with Gasteiger partial charge in [-0.15, -0.1) is 3.69 Å². The number of benzene rings is 1. The monoisotopic (exact) mass is 262 g/mol. The molecule has 0 atom stereocenters. The molecule has 0 saturated heterocycles. The second kappa shape index (κ2) is 5.27. The van der Waals surface area contributed by atoms with Gasteiger partial charge in [-0.2, -0.15) is 0 Å². The molecule has 1 nitrogen and oxygen atoms in total. The van der Waals surface area contributed by atoms with Crippen LogP contribution in [0.2, 0.25) is 5.02 Å². The van der Waals surface area contributed by atoms with Crippen molar-refractivity contribution in [3.8, 4) is 5.75 Å². The first-order chi connectivity index (χ1) is 5.77. The molecule has 0 fully saturated rings. The Kier molecular flexibility index (Phi) is 4.64. The first kappa shape index (κ1) is 10.6. The van der Waals surface area contributed by atoms with Crippen LogP contribution in [0, 0.1) is 0 Å². The van der Waals surface area contributed by atoms with E-state index in [0.717, 1.165) is 3.69 Å². The molecular formula is C7H5BrClFMgO. The molecule has 0 radical (unpaired) electrons. The van der Waals surface area contributed by atoms with Gasteiger partial charge in [0.05, 0.1) is 5.75 Å². The second-order valence-electron chi connectivity index (χ2n) is 2.14. The minimum Gasteiger partial charge on any atom is -0.465 e. The van der Waals surface area contributed by atoms with Crippen LogP contribution in [-0.4, -0.2) is 25.1 Å². The molecule has 0 aliphatic carbocycles. The highest BCUT2D eigenvalue weighted by atomic mass is 79.9. The van der Waals surface area contributed by atoms with Gasteiger partial charge in [0.25, 0.3) is 0 Å². The van der Waals surface area contributed by atoms with Crippen molar-refractivity contribution in [1.29, 1.82) is 0 Å². The van der Waals surface area contributed by atoms with E-state index >= 15 is 0 Å². The lowest BCUT2D eigenvalue weighted by molar-refractivity contribution is 0.193. The van der Waals surface area contributed by atoms with Gasteiger partial charge in [0.2, 0.25) is 6.86 Å². The lowest BCUT2D eigenvalue weighted by atomic mass is 10.3. The lowest BCUT2D eigenvalue weighted by Gasteiger charge is -2.06. The van der Waals surface area contributed by atoms with Crippen LogP contribution in [0.1, 0.15) is 0 Å². The molecule has 0 saturated carbocycles. The van der Waals surface area contributed by atoms with Crippen LogP contribution in [0.3, 0.4) is 0 Å². The number of alkyl halides is 1. The van der Waals surface area contributed by atoms with Crippen molar-refractivity contribution in [3.05, 3.63) is 23.2 Å². The van der Waals surface area contributed by atoms with E-state index in [4.69, 9.17) is 16.3 Å². The van der Waals surface area contributed by atoms with Gasteiger partial charge in [-0.05, 0) is 12.1 Å². The molecule has 0 amide bonds. The van der Waals surface area contributed by atoms with Gasteiger partial charge in [-0.3, -0.25) is 12.9 Å². The SMILES string of the molecule is FCOc1cc(Cl)cc[c]1[Mg][Br]. The lowest BCUT2D eigenvalue weighted by Crippen LogP contribution is -2.12. The molecule has 62 valence electrons. The molecule has 0 heterocycles. The Bertz CT molecular complexity index is 272. The zero-order chi connectivity index (χ0) is 8.97. The van der Waals surface area contributed by atoms with Crippen molar-refractivity contribution in [2.24, 2.45) is 0 Å². The standard InChI is InChI=1S/C7H5ClFO.BrH.Mg/c8-6-2-1-3-7(4-6)10-5-9;;/h1-2,4H,5H2;1H;/q;;+1/p-1. The molecule has 0 spiro atoms. The van der Waals surface area contributed by atoms with Crippen molar-refractivity contribution < 1.29 is 9.13 Å². The predicted octanol–water partition coefficient (Wildman–Crippen LogP) is 2.29. The van der Waals surface area contributed by atoms with Crippen molar-refractivity contribution in [1.82, 2.24) is 0 Å². The number of rotatable bonds is 3. The third-order valence-electron chi connectivity index (χ3n) is 1.38. The summed E-state index contributed by atoms with van der Waals surface area (Å²) in [6.45, 7) is -0.811. The maximum absolute atomic E-state index is 11.9. The zero-order valence-electron chi connectivity index (χ0n) is 6.19. The summed E-state index contributed by atoms with van der Waals surface area (Å²) in [5.41, 5.74) is 0. The molecule has 0 bridgehead atoms. The fourth-order valence-corrected chi connectivity index (χ4v) is 2.93. The summed E-state index contributed by atoms with van der Waals surface area (Å²) in [5, 5.41) is 0.567. The summed E-state index contributed by atoms with van der Waals surface area (Å²) >= 11 is 8.59. The Morgan fingerprint density at radius 1 is 1.58 bits per heavy atom. The van der Waals surface area contributed by atoms with Crippen LogP contribution in [0.4, 0.5) is 4.39 Å². The van der Waals surface area contributed by atoms with E-state index in [-0.39, 0.29) is 0 Å². The minimum atomic E-state index is -0.811. The van der Waals surface area contributed by atoms with Gasteiger partial charge >= 0.3 is 18.2 Å². The van der Waals surface area contributed by atoms with Crippen LogP contribution in [0.5, 0.6) is 5.75 Å². The van der Waals surface area contributed by atoms with Crippen LogP contribution in [-0.2, 0) is 0 Å². The summed E-state index contributed by atoms with van der Waals surface area (Å²) in [7, 11) is 0. The zero-order valence-corrected chi connectivity index (χ0v) is 9.94. The molecule has 12 heavy (non-hydrogen) atoms. The van der Waals surface area contributed by atoms with Gasteiger partial charge < -0.3 is 4.74 Å². The third-order valence-corrected chi connectivity index (χ3v) is 4.30. The minimum absolute atomic E-state index is 0.512. The number of hydrogen-bond donors (Lipinski definition) is 0. The summed E-state index contributed by atoms with van der Waals surface area (Å²) < 4.78 is 17.6. The van der Waals surface area contributed by atoms with Crippen LogP contribution >= 0.6 is 24.5 Å². The van der Waals surface area contributed by atoms with Crippen LogP contribution in [0.25, 0.3) is 0 Å². The van der Waals surface area contributed by atoms with E-state index in [1.165, 1.54) is 0 Å². The van der Waals surface area contributed by atoms with Crippen molar-refractivity contribution in [3.63, 3.8) is 0 Å². The quantitative estimate of drug-likeness (QED) is 0.761. The van der Waals surface area contributed by atoms with E-state index < -0.39 is 25.1 Å². The fourth-order valence-electron chi connectivity index (χ4n) is 0.832. The first-order valence-electron chi connectivity index (χ1n) is 3.31. The Hall–Kier alpha value is 0.486. The average Bonchev–Trinajstić information content (AvgIpc) is 2.05. The summed E-state index contributed by atoms with van der Waals surface area (Å²) in [6, 6.07) is 5.26. The molecule has 0 aliphatic rings. The Labute approximate surface area is 90.8 Å². The van der Waals surface area contributed by atoms with Gasteiger partial charge in [0, 0.05) is 5.02 Å². The van der Waals surface area contributed by atoms with E-state index in [0.29, 0.717) is 10.8 Å². The molecule has 0 N–H and O–H groups in total. The summed E-state index contributed by atoms with van der Waals surface area (Å²) in [4.78, 5) is 0. The number of halogens is 3. The number of hydrogen-bond acceptors (Lipinski definition) is 1. The van der Waals surface area contributed by atoms with Crippen LogP contribution < -0.4 is 8.43 Å². The Morgan fingerprint density at radius 3 is 2.92 bits per heavy atom. The Morgan fingerprint density at radius 2 is 2.33 bits per heavy atom. The summed E-state index contributed by atoms with van der Waals surface area (Å²) in [6.07, 6.45) is 0. The molecule has 1 aromatic rings. The Balaban J connectivity index is 2.95. The van der Waals surface area contributed by atoms with E-state index in [9.17, 15) is 4.39 Å². The maximum Gasteiger partial charge on any atom is 0.512 e. The highest BCUT2D eigenvalue weighted by Gasteiger charge is 2.04. The second-order valence-corrected chi connectivity index (χ2v) is 5.29. The van der Waals surface area contributed by atoms with Gasteiger partial charge in [-0.1, -0.05) is 17.7 Å². The highest BCUT2D eigenvalue weighted by molar-refractivity contribution is 9.23.